The third-order valence-electron chi connectivity index (χ3n) is 5.68. The Morgan fingerprint density at radius 1 is 1.29 bits per heavy atom. The summed E-state index contributed by atoms with van der Waals surface area (Å²) in [5, 5.41) is 27.1. The maximum absolute atomic E-state index is 13.2. The van der Waals surface area contributed by atoms with Crippen molar-refractivity contribution >= 4 is 6.08 Å². The van der Waals surface area contributed by atoms with Crippen LogP contribution in [-0.4, -0.2) is 14.9 Å². The standard InChI is InChI=1S/C22H22FN3O2/c1-15-11-20-16(14-24-26(20)18-8-6-17(23)7-9-18)12-22(15,2)13-21(27)19-5-3-4-10-25(19)28/h3-11,14,21,27H,12-13H2,1-2H3/t21?,22-/m1/s1. The molecule has 1 aliphatic carbocycles. The first-order valence-corrected chi connectivity index (χ1v) is 9.25. The SMILES string of the molecule is CC1=Cc2c(cnn2-c2ccc(F)cc2)C[C@]1(C)CC(O)c1cccc[n+]1[O-]. The Kier molecular flexibility index (Phi) is 4.51. The number of fused-ring (bicyclic) bond motifs is 1. The van der Waals surface area contributed by atoms with E-state index < -0.39 is 6.10 Å². The van der Waals surface area contributed by atoms with Gasteiger partial charge in [-0.2, -0.15) is 9.83 Å². The summed E-state index contributed by atoms with van der Waals surface area (Å²) in [6, 6.07) is 11.3. The highest BCUT2D eigenvalue weighted by Gasteiger charge is 2.36. The minimum atomic E-state index is -0.860. The molecule has 0 amide bonds. The zero-order valence-electron chi connectivity index (χ0n) is 15.8. The van der Waals surface area contributed by atoms with Gasteiger partial charge >= 0.3 is 0 Å². The van der Waals surface area contributed by atoms with Crippen molar-refractivity contribution in [3.63, 3.8) is 0 Å². The van der Waals surface area contributed by atoms with Crippen LogP contribution < -0.4 is 4.73 Å². The van der Waals surface area contributed by atoms with Gasteiger partial charge in [-0.15, -0.1) is 0 Å². The highest BCUT2D eigenvalue weighted by molar-refractivity contribution is 5.60. The zero-order chi connectivity index (χ0) is 19.9. The molecule has 4 rings (SSSR count). The topological polar surface area (TPSA) is 65.0 Å². The van der Waals surface area contributed by atoms with E-state index in [9.17, 15) is 14.7 Å². The predicted molar refractivity (Wildman–Crippen MR) is 104 cm³/mol. The van der Waals surface area contributed by atoms with E-state index in [0.717, 1.165) is 22.5 Å². The minimum Gasteiger partial charge on any atom is -0.618 e. The molecule has 0 aliphatic heterocycles. The number of aliphatic hydroxyl groups is 1. The Balaban J connectivity index is 1.63. The van der Waals surface area contributed by atoms with Crippen LogP contribution in [0.4, 0.5) is 4.39 Å². The molecule has 0 saturated carbocycles. The van der Waals surface area contributed by atoms with E-state index in [1.165, 1.54) is 18.3 Å². The van der Waals surface area contributed by atoms with Crippen molar-refractivity contribution in [3.8, 4) is 5.69 Å². The van der Waals surface area contributed by atoms with Crippen LogP contribution in [0.15, 0.2) is 60.4 Å². The molecule has 1 aliphatic rings. The van der Waals surface area contributed by atoms with Crippen LogP contribution in [0.25, 0.3) is 11.8 Å². The van der Waals surface area contributed by atoms with Gasteiger partial charge in [0.05, 0.1) is 17.6 Å². The van der Waals surface area contributed by atoms with Crippen molar-refractivity contribution in [3.05, 3.63) is 88.4 Å². The van der Waals surface area contributed by atoms with E-state index in [1.807, 2.05) is 13.1 Å². The van der Waals surface area contributed by atoms with Gasteiger partial charge in [-0.1, -0.05) is 12.5 Å². The van der Waals surface area contributed by atoms with Crippen LogP contribution >= 0.6 is 0 Å². The van der Waals surface area contributed by atoms with E-state index in [0.29, 0.717) is 23.3 Å². The van der Waals surface area contributed by atoms with Crippen LogP contribution in [0.3, 0.4) is 0 Å². The van der Waals surface area contributed by atoms with Crippen LogP contribution in [0.1, 0.15) is 43.3 Å². The lowest BCUT2D eigenvalue weighted by atomic mass is 9.70. The van der Waals surface area contributed by atoms with Crippen molar-refractivity contribution < 1.29 is 14.2 Å². The van der Waals surface area contributed by atoms with Gasteiger partial charge in [-0.3, -0.25) is 0 Å². The average Bonchev–Trinajstić information content (AvgIpc) is 3.05. The van der Waals surface area contributed by atoms with Crippen LogP contribution in [0, 0.1) is 16.4 Å². The Morgan fingerprint density at radius 2 is 2.04 bits per heavy atom. The van der Waals surface area contributed by atoms with Crippen LogP contribution in [0.2, 0.25) is 0 Å². The number of pyridine rings is 1. The van der Waals surface area contributed by atoms with E-state index in [4.69, 9.17) is 0 Å². The second-order valence-corrected chi connectivity index (χ2v) is 7.68. The molecule has 2 atom stereocenters. The molecule has 1 aromatic carbocycles. The quantitative estimate of drug-likeness (QED) is 0.555. The summed E-state index contributed by atoms with van der Waals surface area (Å²) >= 11 is 0. The molecule has 6 heteroatoms. The minimum absolute atomic E-state index is 0.283. The van der Waals surface area contributed by atoms with Crippen molar-refractivity contribution in [2.24, 2.45) is 5.41 Å². The molecule has 2 aromatic heterocycles. The fraction of sp³-hybridized carbons (Fsp3) is 0.273. The van der Waals surface area contributed by atoms with Gasteiger partial charge in [0, 0.05) is 12.1 Å². The molecule has 0 radical (unpaired) electrons. The Hall–Kier alpha value is -2.99. The third kappa shape index (κ3) is 3.20. The highest BCUT2D eigenvalue weighted by Crippen LogP contribution is 2.44. The number of benzene rings is 1. The molecule has 1 N–H and O–H groups in total. The van der Waals surface area contributed by atoms with Crippen molar-refractivity contribution in [1.82, 2.24) is 9.78 Å². The molecule has 28 heavy (non-hydrogen) atoms. The van der Waals surface area contributed by atoms with E-state index in [1.54, 1.807) is 35.0 Å². The number of aliphatic hydroxyl groups excluding tert-OH is 1. The average molecular weight is 379 g/mol. The number of rotatable bonds is 4. The molecule has 144 valence electrons. The predicted octanol–water partition coefficient (Wildman–Crippen LogP) is 3.73. The number of allylic oxidation sites excluding steroid dienone is 1. The molecule has 0 saturated heterocycles. The number of aromatic nitrogens is 3. The largest absolute Gasteiger partial charge is 0.618 e. The number of hydrogen-bond donors (Lipinski definition) is 1. The summed E-state index contributed by atoms with van der Waals surface area (Å²) < 4.78 is 15.8. The smallest absolute Gasteiger partial charge is 0.221 e. The molecule has 0 spiro atoms. The number of nitrogens with zero attached hydrogens (tertiary/aromatic N) is 3. The molecule has 0 fully saturated rings. The fourth-order valence-corrected chi connectivity index (χ4v) is 3.87. The first kappa shape index (κ1) is 18.4. The summed E-state index contributed by atoms with van der Waals surface area (Å²) in [5.41, 5.74) is 3.99. The summed E-state index contributed by atoms with van der Waals surface area (Å²) in [6.07, 6.45) is 5.56. The van der Waals surface area contributed by atoms with Crippen molar-refractivity contribution in [2.45, 2.75) is 32.8 Å². The first-order valence-electron chi connectivity index (χ1n) is 9.25. The monoisotopic (exact) mass is 379 g/mol. The zero-order valence-corrected chi connectivity index (χ0v) is 15.8. The van der Waals surface area contributed by atoms with Crippen molar-refractivity contribution in [2.75, 3.05) is 0 Å². The molecular formula is C22H22FN3O2. The van der Waals surface area contributed by atoms with Crippen LogP contribution in [-0.2, 0) is 6.42 Å². The second kappa shape index (κ2) is 6.87. The summed E-state index contributed by atoms with van der Waals surface area (Å²) in [6.45, 7) is 4.13. The van der Waals surface area contributed by atoms with Gasteiger partial charge in [0.2, 0.25) is 5.69 Å². The lowest BCUT2D eigenvalue weighted by Crippen LogP contribution is -2.35. The van der Waals surface area contributed by atoms with Gasteiger partial charge in [0.15, 0.2) is 6.20 Å². The van der Waals surface area contributed by atoms with Crippen molar-refractivity contribution in [1.29, 1.82) is 0 Å². The van der Waals surface area contributed by atoms with E-state index in [2.05, 4.69) is 18.1 Å². The molecular weight excluding hydrogens is 357 g/mol. The maximum Gasteiger partial charge on any atom is 0.221 e. The van der Waals surface area contributed by atoms with Gasteiger partial charge in [-0.05, 0) is 67.2 Å². The molecule has 5 nitrogen and oxygen atoms in total. The van der Waals surface area contributed by atoms with Crippen LogP contribution in [0.5, 0.6) is 0 Å². The molecule has 0 bridgehead atoms. The lowest BCUT2D eigenvalue weighted by molar-refractivity contribution is -0.618. The van der Waals surface area contributed by atoms with E-state index in [-0.39, 0.29) is 11.2 Å². The van der Waals surface area contributed by atoms with Gasteiger partial charge in [-0.25, -0.2) is 9.07 Å². The molecule has 2 heterocycles. The summed E-state index contributed by atoms with van der Waals surface area (Å²) in [7, 11) is 0. The highest BCUT2D eigenvalue weighted by atomic mass is 19.1. The Labute approximate surface area is 163 Å². The van der Waals surface area contributed by atoms with Gasteiger partial charge < -0.3 is 10.3 Å². The number of halogens is 1. The summed E-state index contributed by atoms with van der Waals surface area (Å²) in [4.78, 5) is 0. The summed E-state index contributed by atoms with van der Waals surface area (Å²) in [5.74, 6) is -0.283. The number of hydrogen-bond acceptors (Lipinski definition) is 3. The van der Waals surface area contributed by atoms with E-state index >= 15 is 0 Å². The normalized spacial score (nSPS) is 19.8. The first-order chi connectivity index (χ1) is 13.4. The lowest BCUT2D eigenvalue weighted by Gasteiger charge is -2.35. The van der Waals surface area contributed by atoms with Gasteiger partial charge in [0.1, 0.15) is 11.9 Å². The third-order valence-corrected chi connectivity index (χ3v) is 5.68. The fourth-order valence-electron chi connectivity index (χ4n) is 3.87. The molecule has 3 aromatic rings. The second-order valence-electron chi connectivity index (χ2n) is 7.68. The maximum atomic E-state index is 13.2. The molecule has 1 unspecified atom stereocenters. The Bertz CT molecular complexity index is 1040. The Morgan fingerprint density at radius 3 is 2.75 bits per heavy atom. The van der Waals surface area contributed by atoms with Gasteiger partial charge in [0.25, 0.3) is 0 Å².